The van der Waals surface area contributed by atoms with Crippen molar-refractivity contribution in [3.8, 4) is 0 Å². The van der Waals surface area contributed by atoms with Gasteiger partial charge in [0, 0.05) is 16.8 Å². The number of aromatic nitrogens is 1. The monoisotopic (exact) mass is 397 g/mol. The molecule has 3 N–H and O–H groups in total. The van der Waals surface area contributed by atoms with E-state index in [0.717, 1.165) is 4.73 Å². The second-order valence-corrected chi connectivity index (χ2v) is 6.19. The number of rotatable bonds is 6. The highest BCUT2D eigenvalue weighted by Crippen LogP contribution is 2.16. The highest BCUT2D eigenvalue weighted by Gasteiger charge is 2.16. The number of primary amides is 1. The number of carbonyl (C=O) groups excluding carboxylic acids is 2. The molecular formula is C20H16ClN3O4. The van der Waals surface area contributed by atoms with Crippen LogP contribution in [0.2, 0.25) is 5.02 Å². The van der Waals surface area contributed by atoms with Crippen molar-refractivity contribution in [2.75, 3.05) is 5.32 Å². The summed E-state index contributed by atoms with van der Waals surface area (Å²) < 4.78 is 0.957. The topological polar surface area (TPSA) is 103 Å². The minimum Gasteiger partial charge on any atom is -0.406 e. The number of nitrogens with one attached hydrogen (secondary N) is 1. The minimum absolute atomic E-state index is 0.0508. The summed E-state index contributed by atoms with van der Waals surface area (Å²) in [5.41, 5.74) is 5.55. The van der Waals surface area contributed by atoms with Crippen LogP contribution in [0.3, 0.4) is 0 Å². The van der Waals surface area contributed by atoms with Crippen molar-refractivity contribution in [3.63, 3.8) is 0 Å². The fraction of sp³-hybridized carbons (Fsp3) is 0.0500. The summed E-state index contributed by atoms with van der Waals surface area (Å²) >= 11 is 6.07. The molecule has 2 aromatic carbocycles. The molecule has 0 bridgehead atoms. The van der Waals surface area contributed by atoms with Gasteiger partial charge in [0.1, 0.15) is 12.2 Å². The average molecular weight is 398 g/mol. The van der Waals surface area contributed by atoms with Crippen LogP contribution >= 0.6 is 11.6 Å². The first-order valence-corrected chi connectivity index (χ1v) is 8.63. The summed E-state index contributed by atoms with van der Waals surface area (Å²) in [6.45, 7) is 0.0508. The van der Waals surface area contributed by atoms with Gasteiger partial charge in [-0.2, -0.15) is 4.73 Å². The molecule has 0 aliphatic carbocycles. The molecule has 0 unspecified atom stereocenters. The van der Waals surface area contributed by atoms with Crippen molar-refractivity contribution in [2.45, 2.75) is 6.61 Å². The van der Waals surface area contributed by atoms with Crippen LogP contribution in [0, 0.1) is 0 Å². The molecule has 0 spiro atoms. The van der Waals surface area contributed by atoms with E-state index in [-0.39, 0.29) is 23.4 Å². The quantitative estimate of drug-likeness (QED) is 0.666. The number of carbonyl (C=O) groups is 2. The Bertz CT molecular complexity index is 1090. The maximum atomic E-state index is 12.6. The Morgan fingerprint density at radius 2 is 1.68 bits per heavy atom. The Balaban J connectivity index is 1.81. The van der Waals surface area contributed by atoms with Crippen LogP contribution < -0.4 is 21.4 Å². The average Bonchev–Trinajstić information content (AvgIpc) is 2.68. The highest BCUT2D eigenvalue weighted by molar-refractivity contribution is 6.31. The number of hydrogen-bond donors (Lipinski definition) is 2. The molecule has 2 amide bonds. The van der Waals surface area contributed by atoms with Gasteiger partial charge in [0.05, 0.1) is 11.3 Å². The number of pyridine rings is 1. The van der Waals surface area contributed by atoms with E-state index in [1.807, 2.05) is 0 Å². The third-order valence-corrected chi connectivity index (χ3v) is 4.29. The predicted molar refractivity (Wildman–Crippen MR) is 105 cm³/mol. The standard InChI is InChI=1S/C20H16ClN3O4/c21-16-9-3-1-6-13(16)12-28-24-11-5-8-15(20(24)27)19(26)23-17-10-4-2-7-14(17)18(22)25/h1-11H,12H2,(H2,22,25)(H,23,26). The number of hydrogen-bond acceptors (Lipinski definition) is 4. The highest BCUT2D eigenvalue weighted by atomic mass is 35.5. The van der Waals surface area contributed by atoms with Crippen molar-refractivity contribution in [3.05, 3.63) is 98.9 Å². The largest absolute Gasteiger partial charge is 0.406 e. The van der Waals surface area contributed by atoms with Gasteiger partial charge in [0.2, 0.25) is 0 Å². The summed E-state index contributed by atoms with van der Waals surface area (Å²) in [7, 11) is 0. The van der Waals surface area contributed by atoms with E-state index in [1.54, 1.807) is 36.4 Å². The zero-order chi connectivity index (χ0) is 20.1. The molecule has 0 fully saturated rings. The lowest BCUT2D eigenvalue weighted by Crippen LogP contribution is -2.32. The van der Waals surface area contributed by atoms with E-state index >= 15 is 0 Å². The van der Waals surface area contributed by atoms with Gasteiger partial charge in [-0.25, -0.2) is 0 Å². The normalized spacial score (nSPS) is 10.3. The molecule has 3 rings (SSSR count). The molecule has 28 heavy (non-hydrogen) atoms. The molecule has 1 heterocycles. The SMILES string of the molecule is NC(=O)c1ccccc1NC(=O)c1cccn(OCc2ccccc2Cl)c1=O. The third kappa shape index (κ3) is 4.21. The molecule has 0 aliphatic heterocycles. The number of nitrogens with two attached hydrogens (primary N) is 1. The third-order valence-electron chi connectivity index (χ3n) is 3.92. The maximum Gasteiger partial charge on any atom is 0.295 e. The van der Waals surface area contributed by atoms with Gasteiger partial charge in [-0.15, -0.1) is 0 Å². The number of benzene rings is 2. The molecule has 0 radical (unpaired) electrons. The molecule has 1 aromatic heterocycles. The van der Waals surface area contributed by atoms with Gasteiger partial charge in [-0.3, -0.25) is 14.4 Å². The molecule has 0 saturated heterocycles. The number of anilines is 1. The molecule has 7 nitrogen and oxygen atoms in total. The van der Waals surface area contributed by atoms with Crippen LogP contribution in [-0.4, -0.2) is 16.5 Å². The number of amides is 2. The van der Waals surface area contributed by atoms with Gasteiger partial charge >= 0.3 is 0 Å². The van der Waals surface area contributed by atoms with Gasteiger partial charge in [0.15, 0.2) is 0 Å². The van der Waals surface area contributed by atoms with Crippen molar-refractivity contribution >= 4 is 29.1 Å². The second-order valence-electron chi connectivity index (χ2n) is 5.78. The van der Waals surface area contributed by atoms with E-state index in [9.17, 15) is 14.4 Å². The van der Waals surface area contributed by atoms with Crippen LogP contribution in [0.15, 0.2) is 71.7 Å². The Morgan fingerprint density at radius 1 is 1.00 bits per heavy atom. The number of nitrogens with zero attached hydrogens (tertiary/aromatic N) is 1. The lowest BCUT2D eigenvalue weighted by Gasteiger charge is -2.12. The van der Waals surface area contributed by atoms with Crippen LogP contribution in [0.1, 0.15) is 26.3 Å². The first kappa shape index (κ1) is 19.2. The Morgan fingerprint density at radius 3 is 2.43 bits per heavy atom. The Labute approximate surface area is 165 Å². The Kier molecular flexibility index (Phi) is 5.76. The van der Waals surface area contributed by atoms with E-state index in [0.29, 0.717) is 10.6 Å². The first-order chi connectivity index (χ1) is 13.5. The van der Waals surface area contributed by atoms with Gasteiger partial charge in [0.25, 0.3) is 17.4 Å². The van der Waals surface area contributed by atoms with Crippen LogP contribution in [0.25, 0.3) is 0 Å². The maximum absolute atomic E-state index is 12.6. The summed E-state index contributed by atoms with van der Waals surface area (Å²) in [5.74, 6) is -1.38. The van der Waals surface area contributed by atoms with E-state index in [4.69, 9.17) is 22.2 Å². The zero-order valence-electron chi connectivity index (χ0n) is 14.6. The smallest absolute Gasteiger partial charge is 0.295 e. The number of para-hydroxylation sites is 1. The summed E-state index contributed by atoms with van der Waals surface area (Å²) in [4.78, 5) is 42.1. The molecule has 3 aromatic rings. The lowest BCUT2D eigenvalue weighted by atomic mass is 10.1. The van der Waals surface area contributed by atoms with Gasteiger partial charge < -0.3 is 15.9 Å². The zero-order valence-corrected chi connectivity index (χ0v) is 15.3. The summed E-state index contributed by atoms with van der Waals surface area (Å²) in [6, 6.07) is 16.2. The minimum atomic E-state index is -0.690. The van der Waals surface area contributed by atoms with Gasteiger partial charge in [-0.1, -0.05) is 41.9 Å². The van der Waals surface area contributed by atoms with Crippen molar-refractivity contribution in [1.29, 1.82) is 0 Å². The fourth-order valence-corrected chi connectivity index (χ4v) is 2.69. The van der Waals surface area contributed by atoms with Crippen LogP contribution in [-0.2, 0) is 6.61 Å². The van der Waals surface area contributed by atoms with E-state index in [1.165, 1.54) is 30.5 Å². The predicted octanol–water partition coefficient (Wildman–Crippen LogP) is 2.48. The van der Waals surface area contributed by atoms with Crippen molar-refractivity contribution in [1.82, 2.24) is 4.73 Å². The summed E-state index contributed by atoms with van der Waals surface area (Å²) in [5, 5.41) is 3.04. The van der Waals surface area contributed by atoms with Crippen LogP contribution in [0.5, 0.6) is 0 Å². The second kappa shape index (κ2) is 8.41. The fourth-order valence-electron chi connectivity index (χ4n) is 2.50. The van der Waals surface area contributed by atoms with Crippen molar-refractivity contribution in [2.24, 2.45) is 5.73 Å². The summed E-state index contributed by atoms with van der Waals surface area (Å²) in [6.07, 6.45) is 1.40. The molecular weight excluding hydrogens is 382 g/mol. The van der Waals surface area contributed by atoms with Gasteiger partial charge in [-0.05, 0) is 30.3 Å². The molecule has 8 heteroatoms. The lowest BCUT2D eigenvalue weighted by molar-refractivity contribution is 0.0864. The molecule has 0 atom stereocenters. The molecule has 0 aliphatic rings. The molecule has 0 saturated carbocycles. The molecule has 142 valence electrons. The van der Waals surface area contributed by atoms with E-state index in [2.05, 4.69) is 5.32 Å². The first-order valence-electron chi connectivity index (χ1n) is 8.26. The van der Waals surface area contributed by atoms with Crippen LogP contribution in [0.4, 0.5) is 5.69 Å². The Hall–Kier alpha value is -3.58. The number of halogens is 1. The van der Waals surface area contributed by atoms with Crippen molar-refractivity contribution < 1.29 is 14.4 Å². The van der Waals surface area contributed by atoms with E-state index < -0.39 is 17.4 Å².